The van der Waals surface area contributed by atoms with Crippen LogP contribution < -0.4 is 0 Å². The lowest BCUT2D eigenvalue weighted by Gasteiger charge is -1.98. The van der Waals surface area contributed by atoms with E-state index in [1.807, 2.05) is 6.92 Å². The van der Waals surface area contributed by atoms with Gasteiger partial charge in [0.2, 0.25) is 0 Å². The molecule has 0 aliphatic carbocycles. The molecule has 0 fully saturated rings. The summed E-state index contributed by atoms with van der Waals surface area (Å²) in [6, 6.07) is 0. The molecule has 0 atom stereocenters. The fourth-order valence-corrected chi connectivity index (χ4v) is 1.52. The van der Waals surface area contributed by atoms with E-state index in [0.29, 0.717) is 0 Å². The first-order valence-electron chi connectivity index (χ1n) is 6.19. The van der Waals surface area contributed by atoms with Gasteiger partial charge in [0.05, 0.1) is 11.4 Å². The van der Waals surface area contributed by atoms with Crippen LogP contribution in [-0.2, 0) is 0 Å². The summed E-state index contributed by atoms with van der Waals surface area (Å²) in [7, 11) is 0. The molecule has 1 rings (SSSR count). The summed E-state index contributed by atoms with van der Waals surface area (Å²) in [5.41, 5.74) is 3.44. The average Bonchev–Trinajstić information content (AvgIpc) is 2.59. The maximum atomic E-state index is 4.46. The van der Waals surface area contributed by atoms with Gasteiger partial charge in [-0.25, -0.2) is 9.98 Å². The fourth-order valence-electron chi connectivity index (χ4n) is 1.52. The van der Waals surface area contributed by atoms with Gasteiger partial charge in [0, 0.05) is 0 Å². The first-order chi connectivity index (χ1) is 7.67. The molecule has 2 nitrogen and oxygen atoms in total. The van der Waals surface area contributed by atoms with E-state index >= 15 is 0 Å². The van der Waals surface area contributed by atoms with E-state index in [0.717, 1.165) is 30.1 Å². The minimum absolute atomic E-state index is 0.873. The standard InChI is InChI=1S/C14H22N2/c1-5-7-8-9-13-14(10-11(3)6-2)16-12(4)15-13/h9-10H,5-8H2,1-4H3/b11-10-,13-9+. The number of allylic oxidation sites excluding steroid dienone is 3. The van der Waals surface area contributed by atoms with E-state index in [-0.39, 0.29) is 0 Å². The van der Waals surface area contributed by atoms with Gasteiger partial charge < -0.3 is 0 Å². The smallest absolute Gasteiger partial charge is 0.126 e. The van der Waals surface area contributed by atoms with Crippen LogP contribution in [0.15, 0.2) is 33.4 Å². The van der Waals surface area contributed by atoms with E-state index in [2.05, 4.69) is 42.9 Å². The monoisotopic (exact) mass is 218 g/mol. The highest BCUT2D eigenvalue weighted by Gasteiger charge is 2.10. The normalized spacial score (nSPS) is 19.0. The lowest BCUT2D eigenvalue weighted by Crippen LogP contribution is -1.94. The minimum atomic E-state index is 0.873. The summed E-state index contributed by atoms with van der Waals surface area (Å²) in [6.45, 7) is 8.46. The van der Waals surface area contributed by atoms with Gasteiger partial charge in [0.15, 0.2) is 0 Å². The van der Waals surface area contributed by atoms with Crippen molar-refractivity contribution in [3.05, 3.63) is 23.4 Å². The van der Waals surface area contributed by atoms with Crippen molar-refractivity contribution in [2.75, 3.05) is 0 Å². The van der Waals surface area contributed by atoms with E-state index < -0.39 is 0 Å². The summed E-state index contributed by atoms with van der Waals surface area (Å²) in [6.07, 6.45) is 8.97. The zero-order chi connectivity index (χ0) is 12.0. The molecule has 0 spiro atoms. The molecule has 0 saturated heterocycles. The van der Waals surface area contributed by atoms with Gasteiger partial charge in [-0.15, -0.1) is 0 Å². The molecule has 0 radical (unpaired) electrons. The van der Waals surface area contributed by atoms with Crippen molar-refractivity contribution < 1.29 is 0 Å². The Hall–Kier alpha value is -1.18. The highest BCUT2D eigenvalue weighted by Crippen LogP contribution is 2.15. The van der Waals surface area contributed by atoms with E-state index in [9.17, 15) is 0 Å². The highest BCUT2D eigenvalue weighted by molar-refractivity contribution is 6.18. The molecular formula is C14H22N2. The highest BCUT2D eigenvalue weighted by atomic mass is 15.0. The molecule has 1 heterocycles. The SMILES string of the molecule is CCCC/C=C1/N=C(C)N=C1/C=C(/C)CC. The Labute approximate surface area is 98.9 Å². The second-order valence-corrected chi connectivity index (χ2v) is 4.23. The molecule has 0 unspecified atom stereocenters. The molecule has 0 aromatic rings. The Morgan fingerprint density at radius 3 is 2.62 bits per heavy atom. The molecule has 0 aromatic heterocycles. The van der Waals surface area contributed by atoms with Crippen LogP contribution in [0.1, 0.15) is 53.4 Å². The molecule has 0 N–H and O–H groups in total. The number of hydrogen-bond donors (Lipinski definition) is 0. The Morgan fingerprint density at radius 1 is 1.25 bits per heavy atom. The molecule has 0 aromatic carbocycles. The number of unbranched alkanes of at least 4 members (excludes halogenated alkanes) is 2. The van der Waals surface area contributed by atoms with E-state index in [1.54, 1.807) is 0 Å². The molecule has 0 amide bonds. The van der Waals surface area contributed by atoms with Crippen LogP contribution >= 0.6 is 0 Å². The first kappa shape index (κ1) is 12.9. The maximum absolute atomic E-state index is 4.46. The summed E-state index contributed by atoms with van der Waals surface area (Å²) in [5.74, 6) is 0.873. The van der Waals surface area contributed by atoms with Gasteiger partial charge in [0.1, 0.15) is 5.84 Å². The Balaban J connectivity index is 2.77. The Morgan fingerprint density at radius 2 is 2.00 bits per heavy atom. The number of hydrogen-bond acceptors (Lipinski definition) is 2. The van der Waals surface area contributed by atoms with Crippen LogP contribution in [0.3, 0.4) is 0 Å². The summed E-state index contributed by atoms with van der Waals surface area (Å²) < 4.78 is 0. The van der Waals surface area contributed by atoms with Crippen molar-refractivity contribution in [1.82, 2.24) is 0 Å². The van der Waals surface area contributed by atoms with Crippen molar-refractivity contribution in [1.29, 1.82) is 0 Å². The Bertz CT molecular complexity index is 357. The lowest BCUT2D eigenvalue weighted by atomic mass is 10.1. The van der Waals surface area contributed by atoms with Crippen LogP contribution in [0.2, 0.25) is 0 Å². The van der Waals surface area contributed by atoms with Gasteiger partial charge >= 0.3 is 0 Å². The third kappa shape index (κ3) is 3.76. The molecule has 88 valence electrons. The topological polar surface area (TPSA) is 24.7 Å². The third-order valence-electron chi connectivity index (χ3n) is 2.66. The van der Waals surface area contributed by atoms with E-state index in [1.165, 1.54) is 18.4 Å². The number of amidine groups is 1. The molecular weight excluding hydrogens is 196 g/mol. The van der Waals surface area contributed by atoms with Crippen LogP contribution in [0.25, 0.3) is 0 Å². The third-order valence-corrected chi connectivity index (χ3v) is 2.66. The molecule has 0 bridgehead atoms. The molecule has 1 aliphatic rings. The molecule has 1 aliphatic heterocycles. The summed E-state index contributed by atoms with van der Waals surface area (Å²) >= 11 is 0. The zero-order valence-corrected chi connectivity index (χ0v) is 10.9. The predicted molar refractivity (Wildman–Crippen MR) is 72.2 cm³/mol. The van der Waals surface area contributed by atoms with Crippen LogP contribution in [0, 0.1) is 0 Å². The van der Waals surface area contributed by atoms with Gasteiger partial charge in [-0.2, -0.15) is 0 Å². The van der Waals surface area contributed by atoms with Crippen molar-refractivity contribution in [3.63, 3.8) is 0 Å². The van der Waals surface area contributed by atoms with Crippen molar-refractivity contribution in [2.45, 2.75) is 53.4 Å². The second kappa shape index (κ2) is 6.41. The first-order valence-corrected chi connectivity index (χ1v) is 6.19. The number of nitrogens with zero attached hydrogens (tertiary/aromatic N) is 2. The number of aliphatic imine (C=N–C) groups is 2. The fraction of sp³-hybridized carbons (Fsp3) is 0.571. The zero-order valence-electron chi connectivity index (χ0n) is 10.9. The molecule has 16 heavy (non-hydrogen) atoms. The van der Waals surface area contributed by atoms with Crippen molar-refractivity contribution in [3.8, 4) is 0 Å². The molecule has 0 saturated carbocycles. The van der Waals surface area contributed by atoms with Gasteiger partial charge in [-0.05, 0) is 39.2 Å². The van der Waals surface area contributed by atoms with Crippen molar-refractivity contribution in [2.24, 2.45) is 9.98 Å². The predicted octanol–water partition coefficient (Wildman–Crippen LogP) is 4.29. The van der Waals surface area contributed by atoms with Gasteiger partial charge in [-0.3, -0.25) is 0 Å². The average molecular weight is 218 g/mol. The largest absolute Gasteiger partial charge is 0.232 e. The van der Waals surface area contributed by atoms with Gasteiger partial charge in [0.25, 0.3) is 0 Å². The summed E-state index contributed by atoms with van der Waals surface area (Å²) in [4.78, 5) is 8.92. The lowest BCUT2D eigenvalue weighted by molar-refractivity contribution is 0.812. The maximum Gasteiger partial charge on any atom is 0.126 e. The number of rotatable bonds is 5. The molecule has 2 heteroatoms. The minimum Gasteiger partial charge on any atom is -0.232 e. The van der Waals surface area contributed by atoms with Crippen molar-refractivity contribution >= 4 is 11.5 Å². The Kier molecular flexibility index (Phi) is 5.17. The second-order valence-electron chi connectivity index (χ2n) is 4.23. The van der Waals surface area contributed by atoms with Gasteiger partial charge in [-0.1, -0.05) is 31.9 Å². The van der Waals surface area contributed by atoms with Crippen LogP contribution in [0.4, 0.5) is 0 Å². The quantitative estimate of drug-likeness (QED) is 0.615. The van der Waals surface area contributed by atoms with Crippen LogP contribution in [-0.4, -0.2) is 11.5 Å². The van der Waals surface area contributed by atoms with Crippen LogP contribution in [0.5, 0.6) is 0 Å². The van der Waals surface area contributed by atoms with E-state index in [4.69, 9.17) is 0 Å². The summed E-state index contributed by atoms with van der Waals surface area (Å²) in [5, 5.41) is 0.